The van der Waals surface area contributed by atoms with Gasteiger partial charge >= 0.3 is 0 Å². The van der Waals surface area contributed by atoms with Gasteiger partial charge in [0.2, 0.25) is 0 Å². The number of hydrogen-bond acceptors (Lipinski definition) is 2. The molecule has 0 aromatic heterocycles. The van der Waals surface area contributed by atoms with E-state index in [1.165, 1.54) is 13.2 Å². The van der Waals surface area contributed by atoms with Gasteiger partial charge in [-0.05, 0) is 33.6 Å². The van der Waals surface area contributed by atoms with Crippen LogP contribution in [0.4, 0.5) is 4.39 Å². The normalized spacial score (nSPS) is 18.0. The van der Waals surface area contributed by atoms with E-state index in [-0.39, 0.29) is 11.9 Å². The second-order valence-corrected chi connectivity index (χ2v) is 6.20. The third-order valence-electron chi connectivity index (χ3n) is 3.57. The number of hydrogen-bond donors (Lipinski definition) is 0. The van der Waals surface area contributed by atoms with Gasteiger partial charge in [0.1, 0.15) is 23.4 Å². The zero-order chi connectivity index (χ0) is 15.0. The van der Waals surface area contributed by atoms with E-state index in [1.54, 1.807) is 6.07 Å². The van der Waals surface area contributed by atoms with Crippen LogP contribution in [0.25, 0.3) is 0 Å². The van der Waals surface area contributed by atoms with Crippen molar-refractivity contribution in [1.82, 2.24) is 0 Å². The number of fused-ring (bicyclic) bond motifs is 1. The van der Waals surface area contributed by atoms with Gasteiger partial charge in [0.05, 0.1) is 17.0 Å². The Bertz CT molecular complexity index is 652. The number of para-hydroxylation sites is 1. The first-order valence-corrected chi connectivity index (χ1v) is 7.74. The Morgan fingerprint density at radius 3 is 2.86 bits per heavy atom. The van der Waals surface area contributed by atoms with E-state index >= 15 is 0 Å². The Balaban J connectivity index is 1.90. The first-order valence-electron chi connectivity index (χ1n) is 6.51. The molecule has 2 aromatic carbocycles. The summed E-state index contributed by atoms with van der Waals surface area (Å²) in [4.78, 5) is 0. The molecule has 0 bridgehead atoms. The van der Waals surface area contributed by atoms with Crippen LogP contribution in [0.5, 0.6) is 11.5 Å². The van der Waals surface area contributed by atoms with Crippen LogP contribution in [0.1, 0.15) is 16.5 Å². The predicted molar refractivity (Wildman–Crippen MR) is 83.8 cm³/mol. The zero-order valence-electron chi connectivity index (χ0n) is 11.3. The Labute approximate surface area is 136 Å². The largest absolute Gasteiger partial charge is 0.496 e. The molecule has 0 spiro atoms. The third kappa shape index (κ3) is 2.74. The number of methoxy groups -OCH3 is 1. The summed E-state index contributed by atoms with van der Waals surface area (Å²) in [5.74, 6) is 0.902. The van der Waals surface area contributed by atoms with Gasteiger partial charge in [0.15, 0.2) is 0 Å². The van der Waals surface area contributed by atoms with Crippen molar-refractivity contribution in [1.29, 1.82) is 0 Å². The van der Waals surface area contributed by atoms with E-state index in [0.717, 1.165) is 17.7 Å². The second kappa shape index (κ2) is 5.85. The highest BCUT2D eigenvalue weighted by atomic mass is 79.9. The quantitative estimate of drug-likeness (QED) is 0.716. The maximum absolute atomic E-state index is 13.6. The number of benzene rings is 2. The first kappa shape index (κ1) is 14.7. The summed E-state index contributed by atoms with van der Waals surface area (Å²) in [7, 11) is 1.50. The topological polar surface area (TPSA) is 18.5 Å². The van der Waals surface area contributed by atoms with Crippen LogP contribution in [0, 0.1) is 5.82 Å². The van der Waals surface area contributed by atoms with E-state index < -0.39 is 5.38 Å². The maximum Gasteiger partial charge on any atom is 0.141 e. The molecule has 0 aliphatic carbocycles. The molecule has 5 heteroatoms. The summed E-state index contributed by atoms with van der Waals surface area (Å²) in [6.07, 6.45) is 0.526. The lowest BCUT2D eigenvalue weighted by Crippen LogP contribution is -2.20. The van der Waals surface area contributed by atoms with E-state index in [4.69, 9.17) is 21.1 Å². The van der Waals surface area contributed by atoms with Crippen molar-refractivity contribution in [2.75, 3.05) is 7.11 Å². The van der Waals surface area contributed by atoms with Crippen LogP contribution >= 0.6 is 27.5 Å². The first-order chi connectivity index (χ1) is 10.1. The van der Waals surface area contributed by atoms with Gasteiger partial charge in [0, 0.05) is 18.1 Å². The summed E-state index contributed by atoms with van der Waals surface area (Å²) in [5, 5.41) is -0.427. The highest BCUT2D eigenvalue weighted by Gasteiger charge is 2.32. The Morgan fingerprint density at radius 2 is 2.14 bits per heavy atom. The molecular formula is C16H13BrClFO2. The van der Waals surface area contributed by atoms with Gasteiger partial charge < -0.3 is 9.47 Å². The standard InChI is InChI=1S/C16H13BrClFO2/c1-20-14-8-12(19)11(17)7-10(14)16(18)15-6-9-4-2-3-5-13(9)21-15/h2-5,7-8,15-16H,6H2,1H3. The highest BCUT2D eigenvalue weighted by Crippen LogP contribution is 2.41. The van der Waals surface area contributed by atoms with Crippen LogP contribution in [-0.2, 0) is 6.42 Å². The van der Waals surface area contributed by atoms with E-state index in [9.17, 15) is 4.39 Å². The molecule has 1 aliphatic heterocycles. The van der Waals surface area contributed by atoms with Crippen molar-refractivity contribution in [2.24, 2.45) is 0 Å². The molecule has 2 unspecified atom stereocenters. The Kier molecular flexibility index (Phi) is 4.09. The lowest BCUT2D eigenvalue weighted by molar-refractivity contribution is 0.225. The lowest BCUT2D eigenvalue weighted by Gasteiger charge is -2.20. The van der Waals surface area contributed by atoms with Crippen molar-refractivity contribution >= 4 is 27.5 Å². The molecule has 0 fully saturated rings. The fourth-order valence-electron chi connectivity index (χ4n) is 2.51. The van der Waals surface area contributed by atoms with Gasteiger partial charge in [-0.15, -0.1) is 11.6 Å². The lowest BCUT2D eigenvalue weighted by atomic mass is 10.0. The molecular weight excluding hydrogens is 359 g/mol. The molecule has 0 N–H and O–H groups in total. The van der Waals surface area contributed by atoms with Crippen molar-refractivity contribution in [3.05, 3.63) is 57.8 Å². The molecule has 2 atom stereocenters. The maximum atomic E-state index is 13.6. The van der Waals surface area contributed by atoms with Crippen LogP contribution < -0.4 is 9.47 Å². The molecule has 3 rings (SSSR count). The minimum Gasteiger partial charge on any atom is -0.496 e. The number of halogens is 3. The fraction of sp³-hybridized carbons (Fsp3) is 0.250. The highest BCUT2D eigenvalue weighted by molar-refractivity contribution is 9.10. The van der Waals surface area contributed by atoms with Gasteiger partial charge in [-0.3, -0.25) is 0 Å². The van der Waals surface area contributed by atoms with Gasteiger partial charge in [0.25, 0.3) is 0 Å². The zero-order valence-corrected chi connectivity index (χ0v) is 13.6. The van der Waals surface area contributed by atoms with E-state index in [1.807, 2.05) is 24.3 Å². The van der Waals surface area contributed by atoms with E-state index in [0.29, 0.717) is 15.8 Å². The fourth-order valence-corrected chi connectivity index (χ4v) is 3.18. The van der Waals surface area contributed by atoms with Crippen molar-refractivity contribution in [3.8, 4) is 11.5 Å². The molecule has 2 nitrogen and oxygen atoms in total. The third-order valence-corrected chi connectivity index (χ3v) is 4.69. The van der Waals surface area contributed by atoms with E-state index in [2.05, 4.69) is 15.9 Å². The van der Waals surface area contributed by atoms with Crippen LogP contribution in [-0.4, -0.2) is 13.2 Å². The predicted octanol–water partition coefficient (Wildman–Crippen LogP) is 4.88. The second-order valence-electron chi connectivity index (χ2n) is 4.88. The van der Waals surface area contributed by atoms with Gasteiger partial charge in [-0.1, -0.05) is 18.2 Å². The summed E-state index contributed by atoms with van der Waals surface area (Å²) in [6.45, 7) is 0. The average Bonchev–Trinajstić information content (AvgIpc) is 2.92. The number of alkyl halides is 1. The smallest absolute Gasteiger partial charge is 0.141 e. The number of rotatable bonds is 3. The van der Waals surface area contributed by atoms with Crippen LogP contribution in [0.3, 0.4) is 0 Å². The van der Waals surface area contributed by atoms with Crippen LogP contribution in [0.2, 0.25) is 0 Å². The van der Waals surface area contributed by atoms with Gasteiger partial charge in [-0.25, -0.2) is 4.39 Å². The average molecular weight is 372 g/mol. The van der Waals surface area contributed by atoms with Crippen molar-refractivity contribution in [2.45, 2.75) is 17.9 Å². The number of ether oxygens (including phenoxy) is 2. The summed E-state index contributed by atoms with van der Waals surface area (Å²) in [6, 6.07) is 10.8. The van der Waals surface area contributed by atoms with Crippen LogP contribution in [0.15, 0.2) is 40.9 Å². The molecule has 0 saturated heterocycles. The summed E-state index contributed by atoms with van der Waals surface area (Å²) in [5.41, 5.74) is 1.85. The molecule has 2 aromatic rings. The van der Waals surface area contributed by atoms with Crippen molar-refractivity contribution < 1.29 is 13.9 Å². The molecule has 110 valence electrons. The Hall–Kier alpha value is -1.26. The van der Waals surface area contributed by atoms with Gasteiger partial charge in [-0.2, -0.15) is 0 Å². The molecule has 1 aliphatic rings. The van der Waals surface area contributed by atoms with Crippen molar-refractivity contribution in [3.63, 3.8) is 0 Å². The molecule has 0 radical (unpaired) electrons. The minimum atomic E-state index is -0.427. The molecule has 1 heterocycles. The summed E-state index contributed by atoms with van der Waals surface area (Å²) < 4.78 is 25.1. The molecule has 21 heavy (non-hydrogen) atoms. The molecule has 0 amide bonds. The summed E-state index contributed by atoms with van der Waals surface area (Å²) >= 11 is 9.75. The minimum absolute atomic E-state index is 0.199. The Morgan fingerprint density at radius 1 is 1.38 bits per heavy atom. The monoisotopic (exact) mass is 370 g/mol. The SMILES string of the molecule is COc1cc(F)c(Br)cc1C(Cl)C1Cc2ccccc2O1. The molecule has 0 saturated carbocycles.